The highest BCUT2D eigenvalue weighted by atomic mass is 16.7. The second-order valence-electron chi connectivity index (χ2n) is 9.72. The zero-order valence-corrected chi connectivity index (χ0v) is 22.2. The maximum Gasteiger partial charge on any atom is 0.308 e. The molecule has 0 unspecified atom stereocenters. The van der Waals surface area contributed by atoms with Crippen LogP contribution in [0.25, 0.3) is 0 Å². The summed E-state index contributed by atoms with van der Waals surface area (Å²) in [4.78, 5) is 94.6. The van der Waals surface area contributed by atoms with Gasteiger partial charge in [0.2, 0.25) is 29.5 Å². The summed E-state index contributed by atoms with van der Waals surface area (Å²) in [5.74, 6) is -8.79. The second-order valence-corrected chi connectivity index (χ2v) is 9.72. The molecule has 0 radical (unpaired) electrons. The third kappa shape index (κ3) is 7.04. The number of carbonyl (C=O) groups is 7. The Hall–Kier alpha value is -4.67. The van der Waals surface area contributed by atoms with Crippen LogP contribution in [0.3, 0.4) is 0 Å². The summed E-state index contributed by atoms with van der Waals surface area (Å²) in [6.07, 6.45) is -1.93. The second kappa shape index (κ2) is 13.4. The number of Topliss-reactive ketones (excluding diaryl/α,β-unsaturated/α-hetero) is 4. The highest BCUT2D eigenvalue weighted by molar-refractivity contribution is 6.44. The van der Waals surface area contributed by atoms with Crippen molar-refractivity contribution in [2.75, 3.05) is 0 Å². The van der Waals surface area contributed by atoms with Crippen molar-refractivity contribution in [1.82, 2.24) is 10.8 Å². The van der Waals surface area contributed by atoms with Gasteiger partial charge in [0.1, 0.15) is 12.1 Å². The van der Waals surface area contributed by atoms with Crippen molar-refractivity contribution in [1.29, 1.82) is 0 Å². The molecule has 0 bridgehead atoms. The first kappa shape index (κ1) is 29.9. The van der Waals surface area contributed by atoms with Gasteiger partial charge in [0, 0.05) is 6.42 Å². The van der Waals surface area contributed by atoms with Gasteiger partial charge < -0.3 is 14.9 Å². The molecule has 40 heavy (non-hydrogen) atoms. The lowest BCUT2D eigenvalue weighted by atomic mass is 9.81. The highest BCUT2D eigenvalue weighted by Gasteiger charge is 2.46. The summed E-state index contributed by atoms with van der Waals surface area (Å²) in [5.41, 5.74) is 2.52. The van der Waals surface area contributed by atoms with E-state index in [0.717, 1.165) is 0 Å². The van der Waals surface area contributed by atoms with Gasteiger partial charge in [0.05, 0.1) is 23.3 Å². The van der Waals surface area contributed by atoms with E-state index in [1.165, 1.54) is 31.2 Å². The van der Waals surface area contributed by atoms with Crippen molar-refractivity contribution in [2.24, 2.45) is 17.8 Å². The molecule has 1 saturated carbocycles. The average Bonchev–Trinajstić information content (AvgIpc) is 2.97. The molecule has 0 heterocycles. The van der Waals surface area contributed by atoms with E-state index in [1.807, 2.05) is 5.48 Å². The van der Waals surface area contributed by atoms with E-state index >= 15 is 0 Å². The molecule has 0 saturated heterocycles. The smallest absolute Gasteiger partial charge is 0.308 e. The van der Waals surface area contributed by atoms with Gasteiger partial charge in [-0.05, 0) is 24.1 Å². The van der Waals surface area contributed by atoms with Gasteiger partial charge in [0.15, 0.2) is 5.75 Å². The van der Waals surface area contributed by atoms with Crippen LogP contribution in [0, 0.1) is 17.8 Å². The van der Waals surface area contributed by atoms with Gasteiger partial charge in [-0.1, -0.05) is 63.2 Å². The number of esters is 1. The van der Waals surface area contributed by atoms with Gasteiger partial charge in [-0.2, -0.15) is 5.48 Å². The molecule has 0 aromatic heterocycles. The molecule has 2 amide bonds. The van der Waals surface area contributed by atoms with Crippen molar-refractivity contribution >= 4 is 41.4 Å². The lowest BCUT2D eigenvalue weighted by Gasteiger charge is -2.29. The molecular weight excluding hydrogens is 520 g/mol. The number of amides is 2. The number of ether oxygens (including phenoxy) is 1. The van der Waals surface area contributed by atoms with Crippen LogP contribution in [0.2, 0.25) is 0 Å². The van der Waals surface area contributed by atoms with Crippen molar-refractivity contribution < 1.29 is 43.1 Å². The van der Waals surface area contributed by atoms with Crippen LogP contribution in [0.4, 0.5) is 0 Å². The molecule has 210 valence electrons. The maximum atomic E-state index is 13.5. The fourth-order valence-corrected chi connectivity index (χ4v) is 4.34. The van der Waals surface area contributed by atoms with Crippen molar-refractivity contribution in [2.45, 2.75) is 45.8 Å². The molecule has 0 spiro atoms. The molecule has 2 aromatic carbocycles. The topological polar surface area (TPSA) is 162 Å². The van der Waals surface area contributed by atoms with Crippen LogP contribution >= 0.6 is 0 Å². The van der Waals surface area contributed by atoms with Gasteiger partial charge in [-0.15, -0.1) is 0 Å². The largest absolute Gasteiger partial charge is 0.461 e. The van der Waals surface area contributed by atoms with Crippen molar-refractivity contribution in [3.05, 3.63) is 65.7 Å². The van der Waals surface area contributed by atoms with Crippen LogP contribution in [-0.4, -0.2) is 53.6 Å². The van der Waals surface area contributed by atoms with Gasteiger partial charge in [0.25, 0.3) is 5.91 Å². The number of hydrogen-bond acceptors (Lipinski definition) is 9. The average molecular weight is 551 g/mol. The van der Waals surface area contributed by atoms with Crippen LogP contribution in [-0.2, 0) is 39.9 Å². The first-order valence-corrected chi connectivity index (χ1v) is 12.7. The molecule has 4 atom stereocenters. The Bertz CT molecular complexity index is 1310. The lowest BCUT2D eigenvalue weighted by Crippen LogP contribution is -2.47. The number of para-hydroxylation sites is 1. The minimum absolute atomic E-state index is 0.0151. The minimum Gasteiger partial charge on any atom is -0.461 e. The normalized spacial score (nSPS) is 21.6. The molecule has 11 heteroatoms. The summed E-state index contributed by atoms with van der Waals surface area (Å²) in [6.45, 7) is 4.50. The number of rotatable bonds is 9. The van der Waals surface area contributed by atoms with Gasteiger partial charge in [-0.25, -0.2) is 0 Å². The molecule has 2 N–H and O–H groups in total. The van der Waals surface area contributed by atoms with E-state index in [4.69, 9.17) is 9.57 Å². The maximum absolute atomic E-state index is 13.5. The SMILES string of the molecule is CC(C)C(=O)O[C@@H]1[C@H](C)C(=O)C(=O)[C@@H](NC(=O)c2ccccc2ONC=O)CC(=O)C(=O)[C@@H]1Cc1ccccc1. The van der Waals surface area contributed by atoms with Crippen LogP contribution < -0.4 is 15.6 Å². The van der Waals surface area contributed by atoms with E-state index < -0.39 is 71.3 Å². The fourth-order valence-electron chi connectivity index (χ4n) is 4.34. The monoisotopic (exact) mass is 550 g/mol. The first-order chi connectivity index (χ1) is 19.0. The molecule has 1 aliphatic rings. The predicted molar refractivity (Wildman–Crippen MR) is 140 cm³/mol. The molecule has 1 fully saturated rings. The standard InChI is InChI=1S/C29H30N2O9/c1-16(2)29(38)39-27-17(3)24(34)26(36)21(31-28(37)19-11-7-8-12-23(19)40-30-15-32)14-22(33)25(35)20(27)13-18-9-5-4-6-10-18/h4-12,15-17,20-21,27H,13-14H2,1-3H3,(H,30,32)(H,31,37)/t17-,20+,21+,27-/m1/s1. The molecule has 3 rings (SSSR count). The third-order valence-corrected chi connectivity index (χ3v) is 6.54. The number of carbonyl (C=O) groups excluding carboxylic acids is 7. The van der Waals surface area contributed by atoms with E-state index in [1.54, 1.807) is 44.2 Å². The van der Waals surface area contributed by atoms with E-state index in [0.29, 0.717) is 5.56 Å². The van der Waals surface area contributed by atoms with Gasteiger partial charge >= 0.3 is 5.97 Å². The Labute approximate surface area is 230 Å². The van der Waals surface area contributed by atoms with Crippen LogP contribution in [0.5, 0.6) is 5.75 Å². The van der Waals surface area contributed by atoms with Crippen molar-refractivity contribution in [3.8, 4) is 5.75 Å². The highest BCUT2D eigenvalue weighted by Crippen LogP contribution is 2.28. The summed E-state index contributed by atoms with van der Waals surface area (Å²) >= 11 is 0. The first-order valence-electron chi connectivity index (χ1n) is 12.7. The Balaban J connectivity index is 1.98. The Morgan fingerprint density at radius 2 is 1.60 bits per heavy atom. The molecule has 2 aromatic rings. The summed E-state index contributed by atoms with van der Waals surface area (Å²) in [7, 11) is 0. The molecular formula is C29H30N2O9. The van der Waals surface area contributed by atoms with E-state index in [2.05, 4.69) is 5.32 Å². The zero-order valence-electron chi connectivity index (χ0n) is 22.2. The van der Waals surface area contributed by atoms with E-state index in [-0.39, 0.29) is 24.1 Å². The number of nitrogens with one attached hydrogen (secondary N) is 2. The Kier molecular flexibility index (Phi) is 10.0. The van der Waals surface area contributed by atoms with E-state index in [9.17, 15) is 33.6 Å². The minimum atomic E-state index is -1.66. The van der Waals surface area contributed by atoms with Crippen LogP contribution in [0.15, 0.2) is 54.6 Å². The number of ketones is 4. The summed E-state index contributed by atoms with van der Waals surface area (Å²) in [5, 5.41) is 2.35. The summed E-state index contributed by atoms with van der Waals surface area (Å²) in [6, 6.07) is 12.8. The fraction of sp³-hybridized carbons (Fsp3) is 0.345. The zero-order chi connectivity index (χ0) is 29.4. The quantitative estimate of drug-likeness (QED) is 0.204. The number of hydroxylamine groups is 1. The van der Waals surface area contributed by atoms with Gasteiger partial charge in [-0.3, -0.25) is 33.6 Å². The Morgan fingerprint density at radius 3 is 2.25 bits per heavy atom. The number of benzene rings is 2. The predicted octanol–water partition coefficient (Wildman–Crippen LogP) is 1.57. The van der Waals surface area contributed by atoms with Crippen molar-refractivity contribution in [3.63, 3.8) is 0 Å². The van der Waals surface area contributed by atoms with Crippen LogP contribution in [0.1, 0.15) is 43.1 Å². The summed E-state index contributed by atoms with van der Waals surface area (Å²) < 4.78 is 5.59. The molecule has 1 aliphatic carbocycles. The molecule has 11 nitrogen and oxygen atoms in total. The molecule has 0 aliphatic heterocycles. The Morgan fingerprint density at radius 1 is 0.950 bits per heavy atom. The third-order valence-electron chi connectivity index (χ3n) is 6.54. The lowest BCUT2D eigenvalue weighted by molar-refractivity contribution is -0.163. The number of hydrogen-bond donors (Lipinski definition) is 2.